The highest BCUT2D eigenvalue weighted by atomic mass is 16.1. The van der Waals surface area contributed by atoms with Gasteiger partial charge in [0.2, 0.25) is 0 Å². The van der Waals surface area contributed by atoms with Crippen LogP contribution in [0.15, 0.2) is 78.9 Å². The lowest BCUT2D eigenvalue weighted by molar-refractivity contribution is 0.0830. The first-order valence-corrected chi connectivity index (χ1v) is 7.68. The van der Waals surface area contributed by atoms with Crippen LogP contribution in [0.1, 0.15) is 24.2 Å². The van der Waals surface area contributed by atoms with E-state index in [1.54, 1.807) is 0 Å². The molecular formula is C21H20O. The summed E-state index contributed by atoms with van der Waals surface area (Å²) in [6.07, 6.45) is 8.12. The zero-order valence-electron chi connectivity index (χ0n) is 13.0. The van der Waals surface area contributed by atoms with Crippen molar-refractivity contribution in [1.82, 2.24) is 0 Å². The number of benzene rings is 2. The highest BCUT2D eigenvalue weighted by molar-refractivity contribution is 6.07. The van der Waals surface area contributed by atoms with Gasteiger partial charge >= 0.3 is 0 Å². The molecule has 0 fully saturated rings. The van der Waals surface area contributed by atoms with Crippen LogP contribution >= 0.6 is 0 Å². The van der Waals surface area contributed by atoms with Crippen LogP contribution in [0.5, 0.6) is 0 Å². The Morgan fingerprint density at radius 3 is 2.36 bits per heavy atom. The van der Waals surface area contributed by atoms with Crippen molar-refractivity contribution in [2.45, 2.75) is 13.8 Å². The minimum atomic E-state index is -0.486. The number of hydrogen-bond acceptors (Lipinski definition) is 1. The van der Waals surface area contributed by atoms with Crippen molar-refractivity contribution in [3.05, 3.63) is 84.5 Å². The fraction of sp³-hybridized carbons (Fsp3) is 0.190. The first-order valence-electron chi connectivity index (χ1n) is 7.68. The second kappa shape index (κ2) is 5.76. The molecule has 0 bridgehead atoms. The summed E-state index contributed by atoms with van der Waals surface area (Å²) in [7, 11) is 0. The highest BCUT2D eigenvalue weighted by Gasteiger charge is 2.37. The number of carbonyl (C=O) groups is 1. The molecule has 0 radical (unpaired) electrons. The average molecular weight is 288 g/mol. The summed E-state index contributed by atoms with van der Waals surface area (Å²) in [5.41, 5.74) is 2.39. The number of Topliss-reactive ketones (excluding diaryl/α,β-unsaturated/α-hetero) is 1. The second-order valence-corrected chi connectivity index (χ2v) is 6.06. The molecule has 1 aliphatic rings. The minimum absolute atomic E-state index is 0.181. The third-order valence-corrected chi connectivity index (χ3v) is 4.64. The van der Waals surface area contributed by atoms with Gasteiger partial charge in [0.05, 0.1) is 5.41 Å². The third kappa shape index (κ3) is 2.43. The van der Waals surface area contributed by atoms with Crippen molar-refractivity contribution in [3.8, 4) is 11.1 Å². The molecule has 22 heavy (non-hydrogen) atoms. The van der Waals surface area contributed by atoms with Crippen LogP contribution in [0.25, 0.3) is 11.1 Å². The summed E-state index contributed by atoms with van der Waals surface area (Å²) in [5.74, 6) is 0.369. The number of hydrogen-bond donors (Lipinski definition) is 0. The molecule has 2 unspecified atom stereocenters. The van der Waals surface area contributed by atoms with Crippen LogP contribution in [0.2, 0.25) is 0 Å². The van der Waals surface area contributed by atoms with Crippen molar-refractivity contribution in [3.63, 3.8) is 0 Å². The number of carbonyl (C=O) groups excluding carboxylic acids is 1. The Morgan fingerprint density at radius 1 is 0.955 bits per heavy atom. The van der Waals surface area contributed by atoms with E-state index < -0.39 is 5.41 Å². The molecule has 0 aromatic heterocycles. The molecule has 2 aromatic rings. The maximum Gasteiger partial charge on any atom is 0.173 e. The SMILES string of the molecule is CC1C=CC=CC1(C)C(=O)c1ccccc1-c1ccccc1. The summed E-state index contributed by atoms with van der Waals surface area (Å²) < 4.78 is 0. The topological polar surface area (TPSA) is 17.1 Å². The molecule has 2 aromatic carbocycles. The lowest BCUT2D eigenvalue weighted by atomic mass is 9.69. The van der Waals surface area contributed by atoms with Crippen molar-refractivity contribution in [2.75, 3.05) is 0 Å². The Balaban J connectivity index is 2.08. The van der Waals surface area contributed by atoms with Gasteiger partial charge in [-0.1, -0.05) is 85.8 Å². The second-order valence-electron chi connectivity index (χ2n) is 6.06. The van der Waals surface area contributed by atoms with E-state index in [0.29, 0.717) is 0 Å². The van der Waals surface area contributed by atoms with E-state index in [4.69, 9.17) is 0 Å². The van der Waals surface area contributed by atoms with Gasteiger partial charge in [-0.2, -0.15) is 0 Å². The standard InChI is InChI=1S/C21H20O/c1-16-10-8-9-15-21(16,2)20(22)19-14-7-6-13-18(19)17-11-4-3-5-12-17/h3-16H,1-2H3. The molecule has 2 atom stereocenters. The van der Waals surface area contributed by atoms with Gasteiger partial charge in [0.1, 0.15) is 0 Å². The fourth-order valence-corrected chi connectivity index (χ4v) is 2.96. The van der Waals surface area contributed by atoms with E-state index in [2.05, 4.69) is 25.1 Å². The van der Waals surface area contributed by atoms with Gasteiger partial charge in [-0.25, -0.2) is 0 Å². The molecule has 0 heterocycles. The lowest BCUT2D eigenvalue weighted by Crippen LogP contribution is -2.33. The van der Waals surface area contributed by atoms with Gasteiger partial charge in [0, 0.05) is 5.56 Å². The predicted molar refractivity (Wildman–Crippen MR) is 91.8 cm³/mol. The zero-order valence-corrected chi connectivity index (χ0v) is 13.0. The molecule has 0 amide bonds. The van der Waals surface area contributed by atoms with E-state index in [-0.39, 0.29) is 11.7 Å². The summed E-state index contributed by atoms with van der Waals surface area (Å²) in [4.78, 5) is 13.2. The summed E-state index contributed by atoms with van der Waals surface area (Å²) in [6.45, 7) is 4.13. The Hall–Kier alpha value is -2.41. The van der Waals surface area contributed by atoms with E-state index in [1.165, 1.54) is 0 Å². The van der Waals surface area contributed by atoms with Crippen LogP contribution in [-0.4, -0.2) is 5.78 Å². The predicted octanol–water partition coefficient (Wildman–Crippen LogP) is 5.30. The van der Waals surface area contributed by atoms with Crippen LogP contribution in [0.4, 0.5) is 0 Å². The molecule has 1 nitrogen and oxygen atoms in total. The molecule has 0 aliphatic heterocycles. The smallest absolute Gasteiger partial charge is 0.173 e. The first-order chi connectivity index (χ1) is 10.6. The Labute approximate surface area is 132 Å². The number of rotatable bonds is 3. The Bertz CT molecular complexity index is 740. The van der Waals surface area contributed by atoms with Crippen molar-refractivity contribution in [1.29, 1.82) is 0 Å². The lowest BCUT2D eigenvalue weighted by Gasteiger charge is -2.32. The maximum atomic E-state index is 13.2. The number of ketones is 1. The van der Waals surface area contributed by atoms with Crippen molar-refractivity contribution in [2.24, 2.45) is 11.3 Å². The Kier molecular flexibility index (Phi) is 3.81. The van der Waals surface area contributed by atoms with Crippen LogP contribution in [0, 0.1) is 11.3 Å². The summed E-state index contributed by atoms with van der Waals surface area (Å²) in [5, 5.41) is 0. The van der Waals surface area contributed by atoms with E-state index in [9.17, 15) is 4.79 Å². The van der Waals surface area contributed by atoms with Crippen LogP contribution in [-0.2, 0) is 0 Å². The minimum Gasteiger partial charge on any atom is -0.293 e. The van der Waals surface area contributed by atoms with Gasteiger partial charge in [0.15, 0.2) is 5.78 Å². The third-order valence-electron chi connectivity index (χ3n) is 4.64. The molecule has 3 rings (SSSR count). The van der Waals surface area contributed by atoms with E-state index in [1.807, 2.05) is 67.6 Å². The molecular weight excluding hydrogens is 268 g/mol. The quantitative estimate of drug-likeness (QED) is 0.700. The van der Waals surface area contributed by atoms with E-state index >= 15 is 0 Å². The normalized spacial score (nSPS) is 23.5. The Morgan fingerprint density at radius 2 is 1.64 bits per heavy atom. The molecule has 0 saturated heterocycles. The van der Waals surface area contributed by atoms with Crippen molar-refractivity contribution >= 4 is 5.78 Å². The highest BCUT2D eigenvalue weighted by Crippen LogP contribution is 2.38. The van der Waals surface area contributed by atoms with Crippen LogP contribution < -0.4 is 0 Å². The fourth-order valence-electron chi connectivity index (χ4n) is 2.96. The monoisotopic (exact) mass is 288 g/mol. The number of allylic oxidation sites excluding steroid dienone is 4. The van der Waals surface area contributed by atoms with E-state index in [0.717, 1.165) is 16.7 Å². The molecule has 110 valence electrons. The van der Waals surface area contributed by atoms with Crippen LogP contribution in [0.3, 0.4) is 0 Å². The summed E-state index contributed by atoms with van der Waals surface area (Å²) in [6, 6.07) is 18.0. The largest absolute Gasteiger partial charge is 0.293 e. The summed E-state index contributed by atoms with van der Waals surface area (Å²) >= 11 is 0. The van der Waals surface area contributed by atoms with Crippen molar-refractivity contribution < 1.29 is 4.79 Å². The molecule has 1 aliphatic carbocycles. The first kappa shape index (κ1) is 14.5. The van der Waals surface area contributed by atoms with Gasteiger partial charge < -0.3 is 0 Å². The van der Waals surface area contributed by atoms with Gasteiger partial charge in [-0.15, -0.1) is 0 Å². The van der Waals surface area contributed by atoms with Gasteiger partial charge in [0.25, 0.3) is 0 Å². The average Bonchev–Trinajstić information content (AvgIpc) is 2.58. The van der Waals surface area contributed by atoms with Gasteiger partial charge in [-0.3, -0.25) is 4.79 Å². The van der Waals surface area contributed by atoms with Gasteiger partial charge in [-0.05, 0) is 24.0 Å². The molecule has 0 N–H and O–H groups in total. The maximum absolute atomic E-state index is 13.2. The zero-order chi connectivity index (χ0) is 15.6. The molecule has 0 saturated carbocycles. The molecule has 1 heteroatoms. The molecule has 0 spiro atoms.